The lowest BCUT2D eigenvalue weighted by Crippen LogP contribution is -2.31. The van der Waals surface area contributed by atoms with Crippen LogP contribution in [0.3, 0.4) is 0 Å². The summed E-state index contributed by atoms with van der Waals surface area (Å²) in [5.74, 6) is -0.793. The van der Waals surface area contributed by atoms with E-state index in [2.05, 4.69) is 20.7 Å². The fourth-order valence-corrected chi connectivity index (χ4v) is 2.82. The SMILES string of the molecule is O=C(/C=C/c1c(Cl)cccc1Cl)NCC(=O)Nc1ccc(-n2cncn2)cc1. The van der Waals surface area contributed by atoms with Gasteiger partial charge in [-0.3, -0.25) is 9.59 Å². The first-order valence-corrected chi connectivity index (χ1v) is 8.93. The van der Waals surface area contributed by atoms with E-state index in [1.807, 2.05) is 0 Å². The van der Waals surface area contributed by atoms with Crippen LogP contribution in [0.1, 0.15) is 5.56 Å². The molecule has 3 aromatic rings. The molecule has 0 bridgehead atoms. The maximum Gasteiger partial charge on any atom is 0.244 e. The van der Waals surface area contributed by atoms with E-state index < -0.39 is 5.91 Å². The second-order valence-electron chi connectivity index (χ2n) is 5.62. The van der Waals surface area contributed by atoms with Gasteiger partial charge in [0.15, 0.2) is 0 Å². The van der Waals surface area contributed by atoms with Gasteiger partial charge in [-0.25, -0.2) is 9.67 Å². The lowest BCUT2D eigenvalue weighted by molar-refractivity contribution is -0.121. The topological polar surface area (TPSA) is 88.9 Å². The molecule has 0 saturated carbocycles. The summed E-state index contributed by atoms with van der Waals surface area (Å²) >= 11 is 12.1. The first kappa shape index (κ1) is 19.6. The highest BCUT2D eigenvalue weighted by Crippen LogP contribution is 2.25. The number of carbonyl (C=O) groups is 2. The lowest BCUT2D eigenvalue weighted by Gasteiger charge is -2.07. The number of carbonyl (C=O) groups excluding carboxylic acids is 2. The minimum atomic E-state index is -0.437. The molecule has 28 heavy (non-hydrogen) atoms. The predicted molar refractivity (Wildman–Crippen MR) is 108 cm³/mol. The van der Waals surface area contributed by atoms with Crippen molar-refractivity contribution in [2.45, 2.75) is 0 Å². The number of halogens is 2. The highest BCUT2D eigenvalue weighted by Gasteiger charge is 2.06. The van der Waals surface area contributed by atoms with Crippen LogP contribution in [0.4, 0.5) is 5.69 Å². The number of hydrogen-bond acceptors (Lipinski definition) is 4. The fourth-order valence-electron chi connectivity index (χ4n) is 2.30. The van der Waals surface area contributed by atoms with Crippen molar-refractivity contribution in [2.75, 3.05) is 11.9 Å². The standard InChI is InChI=1S/C19H15Cl2N5O2/c20-16-2-1-3-17(21)15(16)8-9-18(27)23-10-19(28)25-13-4-6-14(7-5-13)26-12-22-11-24-26/h1-9,11-12H,10H2,(H,23,27)(H,25,28)/b9-8+. The normalized spacial score (nSPS) is 10.8. The molecule has 0 fully saturated rings. The maximum atomic E-state index is 12.0. The van der Waals surface area contributed by atoms with Gasteiger partial charge in [0, 0.05) is 27.4 Å². The van der Waals surface area contributed by atoms with Gasteiger partial charge >= 0.3 is 0 Å². The molecule has 2 N–H and O–H groups in total. The average Bonchev–Trinajstić information content (AvgIpc) is 3.21. The Morgan fingerprint density at radius 1 is 1.07 bits per heavy atom. The van der Waals surface area contributed by atoms with E-state index in [0.717, 1.165) is 5.69 Å². The summed E-state index contributed by atoms with van der Waals surface area (Å²) in [6, 6.07) is 12.1. The van der Waals surface area contributed by atoms with Crippen LogP contribution in [0.5, 0.6) is 0 Å². The third-order valence-electron chi connectivity index (χ3n) is 3.66. The van der Waals surface area contributed by atoms with Crippen molar-refractivity contribution >= 4 is 46.8 Å². The summed E-state index contributed by atoms with van der Waals surface area (Å²) < 4.78 is 1.60. The molecule has 1 aromatic heterocycles. The highest BCUT2D eigenvalue weighted by molar-refractivity contribution is 6.37. The van der Waals surface area contributed by atoms with Gasteiger partial charge < -0.3 is 10.6 Å². The average molecular weight is 416 g/mol. The first-order valence-electron chi connectivity index (χ1n) is 8.18. The Morgan fingerprint density at radius 2 is 1.79 bits per heavy atom. The Labute approximate surface area is 171 Å². The molecule has 2 amide bonds. The molecule has 0 unspecified atom stereocenters. The summed E-state index contributed by atoms with van der Waals surface area (Å²) in [6.07, 6.45) is 5.78. The van der Waals surface area contributed by atoms with Gasteiger partial charge in [-0.15, -0.1) is 0 Å². The van der Waals surface area contributed by atoms with Gasteiger partial charge in [-0.1, -0.05) is 29.3 Å². The summed E-state index contributed by atoms with van der Waals surface area (Å²) in [5, 5.41) is 10.1. The van der Waals surface area contributed by atoms with Gasteiger partial charge in [-0.05, 0) is 42.5 Å². The van der Waals surface area contributed by atoms with Crippen molar-refractivity contribution in [1.82, 2.24) is 20.1 Å². The maximum absolute atomic E-state index is 12.0. The van der Waals surface area contributed by atoms with Crippen molar-refractivity contribution < 1.29 is 9.59 Å². The van der Waals surface area contributed by atoms with Gasteiger partial charge in [0.25, 0.3) is 0 Å². The number of nitrogens with zero attached hydrogens (tertiary/aromatic N) is 3. The number of rotatable bonds is 6. The zero-order valence-electron chi connectivity index (χ0n) is 14.5. The third kappa shape index (κ3) is 5.18. The first-order chi connectivity index (χ1) is 13.5. The van der Waals surface area contributed by atoms with Crippen LogP contribution < -0.4 is 10.6 Å². The molecule has 0 saturated heterocycles. The van der Waals surface area contributed by atoms with E-state index in [9.17, 15) is 9.59 Å². The molecule has 0 spiro atoms. The van der Waals surface area contributed by atoms with Crippen molar-refractivity contribution in [3.63, 3.8) is 0 Å². The van der Waals surface area contributed by atoms with Crippen LogP contribution in [-0.4, -0.2) is 33.1 Å². The van der Waals surface area contributed by atoms with Gasteiger partial charge in [-0.2, -0.15) is 5.10 Å². The second-order valence-corrected chi connectivity index (χ2v) is 6.44. The largest absolute Gasteiger partial charge is 0.343 e. The van der Waals surface area contributed by atoms with Crippen molar-refractivity contribution in [3.05, 3.63) is 76.8 Å². The van der Waals surface area contributed by atoms with Crippen molar-refractivity contribution in [1.29, 1.82) is 0 Å². The van der Waals surface area contributed by atoms with Crippen LogP contribution in [0.15, 0.2) is 61.2 Å². The zero-order valence-corrected chi connectivity index (χ0v) is 16.0. The van der Waals surface area contributed by atoms with Crippen LogP contribution in [0, 0.1) is 0 Å². The van der Waals surface area contributed by atoms with Crippen molar-refractivity contribution in [3.8, 4) is 5.69 Å². The van der Waals surface area contributed by atoms with Crippen LogP contribution in [0.25, 0.3) is 11.8 Å². The quantitative estimate of drug-likeness (QED) is 0.604. The van der Waals surface area contributed by atoms with Crippen LogP contribution in [-0.2, 0) is 9.59 Å². The Balaban J connectivity index is 1.50. The second kappa shape index (κ2) is 9.16. The summed E-state index contributed by atoms with van der Waals surface area (Å²) in [7, 11) is 0. The monoisotopic (exact) mass is 415 g/mol. The molecule has 1 heterocycles. The molecule has 9 heteroatoms. The number of anilines is 1. The summed E-state index contributed by atoms with van der Waals surface area (Å²) in [6.45, 7) is -0.176. The number of benzene rings is 2. The number of hydrogen-bond donors (Lipinski definition) is 2. The van der Waals surface area contributed by atoms with E-state index in [4.69, 9.17) is 23.2 Å². The van der Waals surface area contributed by atoms with E-state index >= 15 is 0 Å². The Hall–Kier alpha value is -3.16. The molecule has 2 aromatic carbocycles. The van der Waals surface area contributed by atoms with Gasteiger partial charge in [0.2, 0.25) is 11.8 Å². The predicted octanol–water partition coefficient (Wildman–Crippen LogP) is 3.34. The molecular weight excluding hydrogens is 401 g/mol. The fraction of sp³-hybridized carbons (Fsp3) is 0.0526. The molecule has 0 radical (unpaired) electrons. The zero-order chi connectivity index (χ0) is 19.9. The number of aromatic nitrogens is 3. The highest BCUT2D eigenvalue weighted by atomic mass is 35.5. The minimum Gasteiger partial charge on any atom is -0.343 e. The molecule has 142 valence electrons. The number of amides is 2. The smallest absolute Gasteiger partial charge is 0.244 e. The Bertz CT molecular complexity index is 981. The molecule has 3 rings (SSSR count). The summed E-state index contributed by atoms with van der Waals surface area (Å²) in [5.41, 5.74) is 1.95. The summed E-state index contributed by atoms with van der Waals surface area (Å²) in [4.78, 5) is 27.8. The van der Waals surface area contributed by atoms with E-state index in [1.165, 1.54) is 18.5 Å². The Morgan fingerprint density at radius 3 is 2.43 bits per heavy atom. The molecule has 0 aliphatic heterocycles. The molecule has 0 aliphatic carbocycles. The van der Waals surface area contributed by atoms with Crippen LogP contribution >= 0.6 is 23.2 Å². The van der Waals surface area contributed by atoms with Crippen LogP contribution in [0.2, 0.25) is 10.0 Å². The minimum absolute atomic E-state index is 0.176. The molecule has 0 atom stereocenters. The van der Waals surface area contributed by atoms with Crippen molar-refractivity contribution in [2.24, 2.45) is 0 Å². The Kier molecular flexibility index (Phi) is 6.41. The van der Waals surface area contributed by atoms with Gasteiger partial charge in [0.1, 0.15) is 12.7 Å². The molecule has 0 aliphatic rings. The number of nitrogens with one attached hydrogen (secondary N) is 2. The van der Waals surface area contributed by atoms with E-state index in [-0.39, 0.29) is 12.5 Å². The molecular formula is C19H15Cl2N5O2. The van der Waals surface area contributed by atoms with Gasteiger partial charge in [0.05, 0.1) is 12.2 Å². The van der Waals surface area contributed by atoms with E-state index in [1.54, 1.807) is 53.5 Å². The third-order valence-corrected chi connectivity index (χ3v) is 4.32. The van der Waals surface area contributed by atoms with E-state index in [0.29, 0.717) is 21.3 Å². The lowest BCUT2D eigenvalue weighted by atomic mass is 10.2. The molecule has 7 nitrogen and oxygen atoms in total.